The third-order valence-electron chi connectivity index (χ3n) is 4.00. The number of nitrogens with zero attached hydrogens (tertiary/aromatic N) is 4. The van der Waals surface area contributed by atoms with Gasteiger partial charge in [-0.05, 0) is 36.8 Å². The van der Waals surface area contributed by atoms with Crippen molar-refractivity contribution < 1.29 is 4.79 Å². The van der Waals surface area contributed by atoms with Crippen LogP contribution in [-0.2, 0) is 17.8 Å². The second-order valence-electron chi connectivity index (χ2n) is 5.93. The molecule has 1 N–H and O–H groups in total. The van der Waals surface area contributed by atoms with Gasteiger partial charge in [0, 0.05) is 56.2 Å². The first-order valence-electron chi connectivity index (χ1n) is 7.89. The predicted molar refractivity (Wildman–Crippen MR) is 91.2 cm³/mol. The number of aromatic nitrogens is 4. The first-order chi connectivity index (χ1) is 11.6. The molecule has 0 aliphatic carbocycles. The summed E-state index contributed by atoms with van der Waals surface area (Å²) in [6, 6.07) is 7.51. The minimum Gasteiger partial charge on any atom is -0.348 e. The van der Waals surface area contributed by atoms with Crippen molar-refractivity contribution in [3.05, 3.63) is 72.3 Å². The quantitative estimate of drug-likeness (QED) is 0.757. The highest BCUT2D eigenvalue weighted by Crippen LogP contribution is 2.17. The normalized spacial score (nSPS) is 12.1. The van der Waals surface area contributed by atoms with E-state index >= 15 is 0 Å². The number of aromatic amines is 1. The third kappa shape index (κ3) is 3.71. The van der Waals surface area contributed by atoms with Gasteiger partial charge in [-0.1, -0.05) is 0 Å². The Labute approximate surface area is 141 Å². The van der Waals surface area contributed by atoms with E-state index in [-0.39, 0.29) is 11.9 Å². The van der Waals surface area contributed by atoms with E-state index in [0.29, 0.717) is 13.0 Å². The van der Waals surface area contributed by atoms with Gasteiger partial charge in [0.1, 0.15) is 6.04 Å². The van der Waals surface area contributed by atoms with E-state index in [4.69, 9.17) is 0 Å². The molecule has 6 nitrogen and oxygen atoms in total. The number of H-pyrrole nitrogens is 1. The highest BCUT2D eigenvalue weighted by Gasteiger charge is 2.24. The minimum atomic E-state index is -0.298. The molecule has 0 radical (unpaired) electrons. The first kappa shape index (κ1) is 16.0. The summed E-state index contributed by atoms with van der Waals surface area (Å²) in [5.41, 5.74) is 2.97. The van der Waals surface area contributed by atoms with Crippen LogP contribution >= 0.6 is 0 Å². The zero-order valence-corrected chi connectivity index (χ0v) is 13.9. The van der Waals surface area contributed by atoms with Gasteiger partial charge in [0.2, 0.25) is 5.91 Å². The van der Waals surface area contributed by atoms with E-state index in [1.54, 1.807) is 23.6 Å². The van der Waals surface area contributed by atoms with E-state index in [1.165, 1.54) is 0 Å². The summed E-state index contributed by atoms with van der Waals surface area (Å²) < 4.78 is 1.94. The molecule has 1 amide bonds. The van der Waals surface area contributed by atoms with Crippen LogP contribution in [0.4, 0.5) is 0 Å². The molecule has 0 unspecified atom stereocenters. The fourth-order valence-corrected chi connectivity index (χ4v) is 2.79. The van der Waals surface area contributed by atoms with Crippen molar-refractivity contribution >= 4 is 5.91 Å². The van der Waals surface area contributed by atoms with Gasteiger partial charge >= 0.3 is 0 Å². The lowest BCUT2D eigenvalue weighted by Crippen LogP contribution is -2.35. The van der Waals surface area contributed by atoms with Gasteiger partial charge in [0.25, 0.3) is 0 Å². The highest BCUT2D eigenvalue weighted by molar-refractivity contribution is 5.80. The zero-order chi connectivity index (χ0) is 16.9. The molecule has 0 aliphatic heterocycles. The van der Waals surface area contributed by atoms with E-state index in [2.05, 4.69) is 15.0 Å². The van der Waals surface area contributed by atoms with Crippen molar-refractivity contribution in [2.45, 2.75) is 25.9 Å². The molecular weight excluding hydrogens is 302 g/mol. The van der Waals surface area contributed by atoms with Crippen molar-refractivity contribution in [3.8, 4) is 0 Å². The fraction of sp³-hybridized carbons (Fsp3) is 0.278. The second kappa shape index (κ2) is 7.12. The summed E-state index contributed by atoms with van der Waals surface area (Å²) in [4.78, 5) is 26.1. The number of carbonyl (C=O) groups is 1. The molecule has 3 aromatic rings. The zero-order valence-electron chi connectivity index (χ0n) is 13.9. The van der Waals surface area contributed by atoms with E-state index in [0.717, 1.165) is 17.0 Å². The third-order valence-corrected chi connectivity index (χ3v) is 4.00. The molecule has 6 heteroatoms. The van der Waals surface area contributed by atoms with E-state index < -0.39 is 0 Å². The molecule has 0 saturated heterocycles. The fourth-order valence-electron chi connectivity index (χ4n) is 2.79. The average Bonchev–Trinajstić information content (AvgIpc) is 3.25. The molecule has 0 aromatic carbocycles. The van der Waals surface area contributed by atoms with Crippen LogP contribution in [0.3, 0.4) is 0 Å². The Bertz CT molecular complexity index is 780. The Balaban J connectivity index is 1.77. The molecule has 0 spiro atoms. The SMILES string of the molecule is Cc1cc(CN(C)C(=O)[C@H](Cc2cnc[nH]2)n2cccc2)ccn1. The Hall–Kier alpha value is -2.89. The number of carbonyl (C=O) groups excluding carboxylic acids is 1. The van der Waals surface area contributed by atoms with Crippen LogP contribution in [0.1, 0.15) is 23.0 Å². The Morgan fingerprint density at radius 2 is 2.17 bits per heavy atom. The summed E-state index contributed by atoms with van der Waals surface area (Å²) in [6.07, 6.45) is 9.59. The van der Waals surface area contributed by atoms with E-state index in [9.17, 15) is 4.79 Å². The van der Waals surface area contributed by atoms with Crippen LogP contribution in [0, 0.1) is 6.92 Å². The van der Waals surface area contributed by atoms with Crippen LogP contribution in [-0.4, -0.2) is 37.4 Å². The molecule has 0 fully saturated rings. The largest absolute Gasteiger partial charge is 0.348 e. The maximum absolute atomic E-state index is 13.0. The maximum Gasteiger partial charge on any atom is 0.246 e. The molecule has 124 valence electrons. The Morgan fingerprint density at radius 3 is 2.83 bits per heavy atom. The summed E-state index contributed by atoms with van der Waals surface area (Å²) in [6.45, 7) is 2.51. The Kier molecular flexibility index (Phi) is 4.74. The number of likely N-dealkylation sites (N-methyl/N-ethyl adjacent to an activating group) is 1. The van der Waals surface area contributed by atoms with Gasteiger partial charge in [-0.15, -0.1) is 0 Å². The molecular formula is C18H21N5O. The predicted octanol–water partition coefficient (Wildman–Crippen LogP) is 2.36. The molecule has 3 heterocycles. The topological polar surface area (TPSA) is 66.8 Å². The molecule has 0 aliphatic rings. The summed E-state index contributed by atoms with van der Waals surface area (Å²) in [5, 5.41) is 0. The molecule has 0 bridgehead atoms. The smallest absolute Gasteiger partial charge is 0.246 e. The maximum atomic E-state index is 13.0. The number of rotatable bonds is 6. The molecule has 24 heavy (non-hydrogen) atoms. The number of imidazole rings is 1. The van der Waals surface area contributed by atoms with Crippen molar-refractivity contribution in [1.29, 1.82) is 0 Å². The van der Waals surface area contributed by atoms with E-state index in [1.807, 2.05) is 55.2 Å². The number of amides is 1. The van der Waals surface area contributed by atoms with Crippen LogP contribution < -0.4 is 0 Å². The van der Waals surface area contributed by atoms with Gasteiger partial charge in [0.05, 0.1) is 6.33 Å². The summed E-state index contributed by atoms with van der Waals surface area (Å²) in [7, 11) is 1.83. The number of aryl methyl sites for hydroxylation is 1. The number of pyridine rings is 1. The molecule has 1 atom stereocenters. The lowest BCUT2D eigenvalue weighted by Gasteiger charge is -2.25. The van der Waals surface area contributed by atoms with Crippen LogP contribution in [0.2, 0.25) is 0 Å². The standard InChI is InChI=1S/C18H21N5O/c1-14-9-15(5-6-20-14)12-22(2)18(24)17(23-7-3-4-8-23)10-16-11-19-13-21-16/h3-9,11,13,17H,10,12H2,1-2H3,(H,19,21)/t17-/m0/s1. The van der Waals surface area contributed by atoms with Crippen molar-refractivity contribution in [2.75, 3.05) is 7.05 Å². The van der Waals surface area contributed by atoms with Crippen LogP contribution in [0.15, 0.2) is 55.4 Å². The second-order valence-corrected chi connectivity index (χ2v) is 5.93. The van der Waals surface area contributed by atoms with Gasteiger partial charge in [-0.3, -0.25) is 9.78 Å². The van der Waals surface area contributed by atoms with Crippen LogP contribution in [0.5, 0.6) is 0 Å². The molecule has 3 rings (SSSR count). The number of hydrogen-bond acceptors (Lipinski definition) is 3. The van der Waals surface area contributed by atoms with Crippen molar-refractivity contribution in [2.24, 2.45) is 0 Å². The van der Waals surface area contributed by atoms with Crippen molar-refractivity contribution in [3.63, 3.8) is 0 Å². The molecule has 0 saturated carbocycles. The number of nitrogens with one attached hydrogen (secondary N) is 1. The van der Waals surface area contributed by atoms with Gasteiger partial charge in [0.15, 0.2) is 0 Å². The van der Waals surface area contributed by atoms with Gasteiger partial charge in [-0.25, -0.2) is 4.98 Å². The lowest BCUT2D eigenvalue weighted by atomic mass is 10.1. The Morgan fingerprint density at radius 1 is 1.38 bits per heavy atom. The van der Waals surface area contributed by atoms with Gasteiger partial charge < -0.3 is 14.5 Å². The van der Waals surface area contributed by atoms with Crippen LogP contribution in [0.25, 0.3) is 0 Å². The van der Waals surface area contributed by atoms with Crippen molar-refractivity contribution in [1.82, 2.24) is 24.4 Å². The summed E-state index contributed by atoms with van der Waals surface area (Å²) in [5.74, 6) is 0.0651. The van der Waals surface area contributed by atoms with Gasteiger partial charge in [-0.2, -0.15) is 0 Å². The lowest BCUT2D eigenvalue weighted by molar-refractivity contribution is -0.134. The first-order valence-corrected chi connectivity index (χ1v) is 7.89. The monoisotopic (exact) mass is 323 g/mol. The highest BCUT2D eigenvalue weighted by atomic mass is 16.2. The minimum absolute atomic E-state index is 0.0651. The summed E-state index contributed by atoms with van der Waals surface area (Å²) >= 11 is 0. The number of hydrogen-bond donors (Lipinski definition) is 1. The molecule has 3 aromatic heterocycles. The average molecular weight is 323 g/mol.